The maximum absolute atomic E-state index is 11.8. The van der Waals surface area contributed by atoms with E-state index in [0.29, 0.717) is 14.9 Å². The van der Waals surface area contributed by atoms with E-state index in [-0.39, 0.29) is 11.7 Å². The molecule has 1 aromatic carbocycles. The molecule has 0 fully saturated rings. The number of aromatic nitrogens is 2. The van der Waals surface area contributed by atoms with Crippen LogP contribution >= 0.6 is 46.5 Å². The molecule has 2 N–H and O–H groups in total. The lowest BCUT2D eigenvalue weighted by Crippen LogP contribution is -2.42. The number of thioether (sulfide) groups is 2. The van der Waals surface area contributed by atoms with Crippen LogP contribution in [0.2, 0.25) is 5.02 Å². The Balaban J connectivity index is 1.75. The van der Waals surface area contributed by atoms with Crippen LogP contribution < -0.4 is 10.9 Å². The van der Waals surface area contributed by atoms with Gasteiger partial charge in [-0.2, -0.15) is 0 Å². The predicted molar refractivity (Wildman–Crippen MR) is 89.5 cm³/mol. The quantitative estimate of drug-likeness (QED) is 0.617. The summed E-state index contributed by atoms with van der Waals surface area (Å²) in [5.41, 5.74) is 5.09. The summed E-state index contributed by atoms with van der Waals surface area (Å²) in [5.74, 6) is -0.590. The van der Waals surface area contributed by atoms with Gasteiger partial charge in [-0.25, -0.2) is 0 Å². The SMILES string of the molecule is CSc1nnc(SCC(=O)NNC(=O)c2ccc(Cl)cc2)s1. The molecule has 2 amide bonds. The van der Waals surface area contributed by atoms with Gasteiger partial charge in [-0.3, -0.25) is 20.4 Å². The molecule has 0 spiro atoms. The molecular weight excluding hydrogens is 364 g/mol. The smallest absolute Gasteiger partial charge is 0.269 e. The standard InChI is InChI=1S/C12H11ClN4O2S3/c1-20-11-16-17-12(22-11)21-6-9(18)14-15-10(19)7-2-4-8(13)5-3-7/h2-5H,6H2,1H3,(H,14,18)(H,15,19). The zero-order valence-corrected chi connectivity index (χ0v) is 14.5. The van der Waals surface area contributed by atoms with Gasteiger partial charge in [-0.15, -0.1) is 10.2 Å². The molecular formula is C12H11ClN4O2S3. The highest BCUT2D eigenvalue weighted by atomic mass is 35.5. The van der Waals surface area contributed by atoms with Crippen LogP contribution in [0.25, 0.3) is 0 Å². The maximum atomic E-state index is 11.8. The number of hydrogen-bond acceptors (Lipinski definition) is 7. The van der Waals surface area contributed by atoms with Crippen LogP contribution in [-0.2, 0) is 4.79 Å². The van der Waals surface area contributed by atoms with Gasteiger partial charge in [0.2, 0.25) is 5.91 Å². The van der Waals surface area contributed by atoms with Gasteiger partial charge in [-0.1, -0.05) is 46.5 Å². The molecule has 0 atom stereocenters. The van der Waals surface area contributed by atoms with Crippen LogP contribution in [0, 0.1) is 0 Å². The molecule has 0 aliphatic carbocycles. The predicted octanol–water partition coefficient (Wildman–Crippen LogP) is 2.47. The van der Waals surface area contributed by atoms with Crippen LogP contribution in [-0.4, -0.2) is 34.0 Å². The highest BCUT2D eigenvalue weighted by Crippen LogP contribution is 2.26. The maximum Gasteiger partial charge on any atom is 0.269 e. The second-order valence-corrected chi connectivity index (χ2v) is 7.53. The molecule has 1 aromatic heterocycles. The van der Waals surface area contributed by atoms with Gasteiger partial charge >= 0.3 is 0 Å². The third kappa shape index (κ3) is 5.16. The summed E-state index contributed by atoms with van der Waals surface area (Å²) in [6.07, 6.45) is 1.91. The van der Waals surface area contributed by atoms with Gasteiger partial charge in [0.1, 0.15) is 0 Å². The van der Waals surface area contributed by atoms with Crippen molar-refractivity contribution < 1.29 is 9.59 Å². The molecule has 0 bridgehead atoms. The van der Waals surface area contributed by atoms with Crippen LogP contribution in [0.5, 0.6) is 0 Å². The van der Waals surface area contributed by atoms with Crippen molar-refractivity contribution in [1.29, 1.82) is 0 Å². The van der Waals surface area contributed by atoms with Crippen LogP contribution in [0.4, 0.5) is 0 Å². The minimum Gasteiger partial charge on any atom is -0.272 e. The molecule has 1 heterocycles. The molecule has 2 aromatic rings. The van der Waals surface area contributed by atoms with E-state index in [1.54, 1.807) is 24.3 Å². The van der Waals surface area contributed by atoms with E-state index in [2.05, 4.69) is 21.0 Å². The van der Waals surface area contributed by atoms with E-state index in [1.165, 1.54) is 34.9 Å². The van der Waals surface area contributed by atoms with Crippen molar-refractivity contribution in [2.75, 3.05) is 12.0 Å². The number of halogens is 1. The minimum atomic E-state index is -0.407. The third-order valence-corrected chi connectivity index (χ3v) is 5.60. The second-order valence-electron chi connectivity index (χ2n) is 3.84. The summed E-state index contributed by atoms with van der Waals surface area (Å²) in [4.78, 5) is 23.4. The van der Waals surface area contributed by atoms with Crippen LogP contribution in [0.1, 0.15) is 10.4 Å². The molecule has 2 rings (SSSR count). The monoisotopic (exact) mass is 374 g/mol. The highest BCUT2D eigenvalue weighted by molar-refractivity contribution is 8.03. The van der Waals surface area contributed by atoms with Crippen molar-refractivity contribution in [3.05, 3.63) is 34.9 Å². The third-order valence-electron chi connectivity index (χ3n) is 2.31. The van der Waals surface area contributed by atoms with E-state index in [9.17, 15) is 9.59 Å². The molecule has 0 radical (unpaired) electrons. The average molecular weight is 375 g/mol. The molecule has 0 unspecified atom stereocenters. The Morgan fingerprint density at radius 3 is 2.50 bits per heavy atom. The Morgan fingerprint density at radius 1 is 1.18 bits per heavy atom. The van der Waals surface area contributed by atoms with Crippen molar-refractivity contribution in [3.63, 3.8) is 0 Å². The summed E-state index contributed by atoms with van der Waals surface area (Å²) < 4.78 is 1.56. The van der Waals surface area contributed by atoms with Crippen molar-refractivity contribution in [2.45, 2.75) is 8.68 Å². The molecule has 6 nitrogen and oxygen atoms in total. The summed E-state index contributed by atoms with van der Waals surface area (Å²) in [5, 5.41) is 8.41. The molecule has 10 heteroatoms. The summed E-state index contributed by atoms with van der Waals surface area (Å²) >= 11 is 9.93. The number of nitrogens with one attached hydrogen (secondary N) is 2. The number of carbonyl (C=O) groups excluding carboxylic acids is 2. The first-order valence-corrected chi connectivity index (χ1v) is 9.34. The van der Waals surface area contributed by atoms with Crippen molar-refractivity contribution in [3.8, 4) is 0 Å². The number of benzene rings is 1. The van der Waals surface area contributed by atoms with Crippen LogP contribution in [0.3, 0.4) is 0 Å². The lowest BCUT2D eigenvalue weighted by Gasteiger charge is -2.06. The van der Waals surface area contributed by atoms with Crippen molar-refractivity contribution in [2.24, 2.45) is 0 Å². The summed E-state index contributed by atoms with van der Waals surface area (Å²) in [7, 11) is 0. The van der Waals surface area contributed by atoms with E-state index in [0.717, 1.165) is 4.34 Å². The Morgan fingerprint density at radius 2 is 1.86 bits per heavy atom. The van der Waals surface area contributed by atoms with Gasteiger partial charge in [-0.05, 0) is 30.5 Å². The molecule has 0 saturated heterocycles. The molecule has 0 aliphatic heterocycles. The first-order chi connectivity index (χ1) is 10.6. The fraction of sp³-hybridized carbons (Fsp3) is 0.167. The molecule has 22 heavy (non-hydrogen) atoms. The van der Waals surface area contributed by atoms with Crippen LogP contribution in [0.15, 0.2) is 32.9 Å². The van der Waals surface area contributed by atoms with Gasteiger partial charge in [0, 0.05) is 10.6 Å². The van der Waals surface area contributed by atoms with Crippen molar-refractivity contribution in [1.82, 2.24) is 21.0 Å². The largest absolute Gasteiger partial charge is 0.272 e. The number of hydrogen-bond donors (Lipinski definition) is 2. The number of rotatable bonds is 5. The Labute approximate surface area is 144 Å². The fourth-order valence-electron chi connectivity index (χ4n) is 1.30. The summed E-state index contributed by atoms with van der Waals surface area (Å²) in [6.45, 7) is 0. The second kappa shape index (κ2) is 8.37. The highest BCUT2D eigenvalue weighted by Gasteiger charge is 2.09. The topological polar surface area (TPSA) is 84.0 Å². The van der Waals surface area contributed by atoms with Gasteiger partial charge in [0.05, 0.1) is 5.75 Å². The normalized spacial score (nSPS) is 10.3. The molecule has 0 aliphatic rings. The number of nitrogens with zero attached hydrogens (tertiary/aromatic N) is 2. The van der Waals surface area contributed by atoms with Gasteiger partial charge in [0.25, 0.3) is 5.91 Å². The first-order valence-electron chi connectivity index (χ1n) is 5.93. The Bertz CT molecular complexity index is 663. The lowest BCUT2D eigenvalue weighted by molar-refractivity contribution is -0.119. The number of carbonyl (C=O) groups is 2. The van der Waals surface area contributed by atoms with E-state index < -0.39 is 5.91 Å². The zero-order valence-electron chi connectivity index (χ0n) is 11.3. The fourth-order valence-corrected chi connectivity index (χ4v) is 3.67. The molecule has 116 valence electrons. The Kier molecular flexibility index (Phi) is 6.49. The number of amides is 2. The summed E-state index contributed by atoms with van der Waals surface area (Å²) in [6, 6.07) is 6.35. The zero-order chi connectivity index (χ0) is 15.9. The first kappa shape index (κ1) is 17.1. The van der Waals surface area contributed by atoms with Gasteiger partial charge in [0.15, 0.2) is 8.68 Å². The molecule has 0 saturated carbocycles. The van der Waals surface area contributed by atoms with E-state index in [4.69, 9.17) is 11.6 Å². The lowest BCUT2D eigenvalue weighted by atomic mass is 10.2. The number of hydrazine groups is 1. The van der Waals surface area contributed by atoms with E-state index >= 15 is 0 Å². The minimum absolute atomic E-state index is 0.143. The Hall–Kier alpha value is -1.29. The van der Waals surface area contributed by atoms with Gasteiger partial charge < -0.3 is 0 Å². The van der Waals surface area contributed by atoms with E-state index in [1.807, 2.05) is 6.26 Å². The van der Waals surface area contributed by atoms with Crippen molar-refractivity contribution >= 4 is 58.3 Å². The average Bonchev–Trinajstić information content (AvgIpc) is 2.99.